The summed E-state index contributed by atoms with van der Waals surface area (Å²) in [7, 11) is -7.72. The smallest absolute Gasteiger partial charge is 0.220 e. The second-order valence-electron chi connectivity index (χ2n) is 5.64. The van der Waals surface area contributed by atoms with Crippen molar-refractivity contribution < 1.29 is 26.7 Å². The van der Waals surface area contributed by atoms with Crippen molar-refractivity contribution in [1.82, 2.24) is 9.78 Å². The van der Waals surface area contributed by atoms with E-state index in [1.807, 2.05) is 0 Å². The number of aryl methyl sites for hydroxylation is 1. The van der Waals surface area contributed by atoms with Crippen LogP contribution in [0.15, 0.2) is 28.1 Å². The number of ketones is 1. The first-order valence-corrected chi connectivity index (χ1v) is 11.0. The SMILES string of the molecule is CCn1ncc(C(=O)c2ccc(S(C)(=O)=O)c(S(C)(=O)=O)c2C)c1O. The molecule has 0 saturated carbocycles. The summed E-state index contributed by atoms with van der Waals surface area (Å²) in [6.07, 6.45) is 2.96. The molecule has 0 aliphatic rings. The number of aromatic hydroxyl groups is 1. The Balaban J connectivity index is 2.76. The van der Waals surface area contributed by atoms with Crippen LogP contribution in [-0.2, 0) is 26.2 Å². The summed E-state index contributed by atoms with van der Waals surface area (Å²) in [4.78, 5) is 11.9. The van der Waals surface area contributed by atoms with Crippen LogP contribution in [0.5, 0.6) is 5.88 Å². The van der Waals surface area contributed by atoms with Gasteiger partial charge < -0.3 is 5.11 Å². The maximum atomic E-state index is 12.7. The van der Waals surface area contributed by atoms with E-state index >= 15 is 0 Å². The number of hydrogen-bond acceptors (Lipinski definition) is 7. The molecule has 0 spiro atoms. The minimum Gasteiger partial charge on any atom is -0.493 e. The van der Waals surface area contributed by atoms with E-state index in [0.717, 1.165) is 18.6 Å². The molecular formula is C15H18N2O6S2. The van der Waals surface area contributed by atoms with Gasteiger partial charge in [0, 0.05) is 24.6 Å². The molecule has 0 bridgehead atoms. The molecule has 8 nitrogen and oxygen atoms in total. The van der Waals surface area contributed by atoms with Crippen LogP contribution in [0.1, 0.15) is 28.4 Å². The number of aromatic nitrogens is 2. The molecule has 1 aromatic heterocycles. The highest BCUT2D eigenvalue weighted by Crippen LogP contribution is 2.30. The second-order valence-corrected chi connectivity index (χ2v) is 9.57. The van der Waals surface area contributed by atoms with Gasteiger partial charge >= 0.3 is 0 Å². The van der Waals surface area contributed by atoms with E-state index in [4.69, 9.17) is 0 Å². The van der Waals surface area contributed by atoms with Crippen LogP contribution in [0.4, 0.5) is 0 Å². The summed E-state index contributed by atoms with van der Waals surface area (Å²) in [5.41, 5.74) is -0.0886. The molecule has 0 aliphatic carbocycles. The average Bonchev–Trinajstić information content (AvgIpc) is 2.84. The van der Waals surface area contributed by atoms with Gasteiger partial charge in [0.1, 0.15) is 5.56 Å². The summed E-state index contributed by atoms with van der Waals surface area (Å²) in [5.74, 6) is -0.973. The monoisotopic (exact) mass is 386 g/mol. The van der Waals surface area contributed by atoms with Crippen molar-refractivity contribution in [2.24, 2.45) is 0 Å². The van der Waals surface area contributed by atoms with Crippen LogP contribution in [0.25, 0.3) is 0 Å². The number of carbonyl (C=O) groups is 1. The fourth-order valence-electron chi connectivity index (χ4n) is 2.58. The van der Waals surface area contributed by atoms with Crippen LogP contribution in [0, 0.1) is 6.92 Å². The fourth-order valence-corrected chi connectivity index (χ4v) is 5.39. The zero-order valence-electron chi connectivity index (χ0n) is 14.1. The Bertz CT molecular complexity index is 1070. The zero-order valence-corrected chi connectivity index (χ0v) is 15.8. The Labute approximate surface area is 145 Å². The molecule has 10 heteroatoms. The Hall–Kier alpha value is -2.20. The number of sulfone groups is 2. The molecule has 1 heterocycles. The quantitative estimate of drug-likeness (QED) is 0.759. The standard InChI is InChI=1S/C15H18N2O6S2/c1-5-17-15(19)11(8-16-17)13(18)10-6-7-12(24(3,20)21)14(9(10)2)25(4,22)23/h6-8,19H,5H2,1-4H3. The van der Waals surface area contributed by atoms with Gasteiger partial charge in [-0.3, -0.25) is 4.79 Å². The van der Waals surface area contributed by atoms with Gasteiger partial charge in [-0.2, -0.15) is 5.10 Å². The maximum Gasteiger partial charge on any atom is 0.220 e. The minimum absolute atomic E-state index is 0.0130. The first kappa shape index (κ1) is 19.1. The third-order valence-corrected chi connectivity index (χ3v) is 6.28. The van der Waals surface area contributed by atoms with Gasteiger partial charge in [-0.1, -0.05) is 0 Å². The summed E-state index contributed by atoms with van der Waals surface area (Å²) in [6, 6.07) is 2.33. The lowest BCUT2D eigenvalue weighted by atomic mass is 10.0. The lowest BCUT2D eigenvalue weighted by Crippen LogP contribution is -2.13. The highest BCUT2D eigenvalue weighted by atomic mass is 32.2. The van der Waals surface area contributed by atoms with E-state index in [0.29, 0.717) is 6.54 Å². The molecule has 0 aliphatic heterocycles. The Morgan fingerprint density at radius 3 is 2.16 bits per heavy atom. The Morgan fingerprint density at radius 1 is 1.12 bits per heavy atom. The molecule has 25 heavy (non-hydrogen) atoms. The summed E-state index contributed by atoms with van der Waals surface area (Å²) < 4.78 is 49.2. The van der Waals surface area contributed by atoms with Gasteiger partial charge in [0.05, 0.1) is 16.0 Å². The summed E-state index contributed by atoms with van der Waals surface area (Å²) in [6.45, 7) is 3.44. The van der Waals surface area contributed by atoms with Crippen LogP contribution < -0.4 is 0 Å². The highest BCUT2D eigenvalue weighted by molar-refractivity contribution is 7.93. The minimum atomic E-state index is -3.91. The summed E-state index contributed by atoms with van der Waals surface area (Å²) >= 11 is 0. The lowest BCUT2D eigenvalue weighted by molar-refractivity contribution is 0.103. The molecule has 0 atom stereocenters. The van der Waals surface area contributed by atoms with Crippen molar-refractivity contribution in [3.8, 4) is 5.88 Å². The molecule has 1 N–H and O–H groups in total. The molecule has 1 aromatic carbocycles. The summed E-state index contributed by atoms with van der Waals surface area (Å²) in [5, 5.41) is 13.9. The first-order valence-electron chi connectivity index (χ1n) is 7.22. The molecule has 0 amide bonds. The molecule has 0 unspecified atom stereocenters. The number of benzene rings is 1. The van der Waals surface area contributed by atoms with E-state index in [2.05, 4.69) is 5.10 Å². The van der Waals surface area contributed by atoms with Gasteiger partial charge in [0.15, 0.2) is 25.5 Å². The molecule has 2 rings (SSSR count). The predicted octanol–water partition coefficient (Wildman–Crippen LogP) is 0.955. The predicted molar refractivity (Wildman–Crippen MR) is 90.4 cm³/mol. The topological polar surface area (TPSA) is 123 Å². The van der Waals surface area contributed by atoms with E-state index in [-0.39, 0.29) is 27.5 Å². The van der Waals surface area contributed by atoms with E-state index in [1.165, 1.54) is 23.9 Å². The van der Waals surface area contributed by atoms with Crippen LogP contribution in [0.2, 0.25) is 0 Å². The number of rotatable bonds is 5. The van der Waals surface area contributed by atoms with Gasteiger partial charge in [-0.05, 0) is 31.5 Å². The largest absolute Gasteiger partial charge is 0.493 e. The molecule has 136 valence electrons. The highest BCUT2D eigenvalue weighted by Gasteiger charge is 2.28. The molecule has 0 saturated heterocycles. The Morgan fingerprint density at radius 2 is 1.72 bits per heavy atom. The zero-order chi connectivity index (χ0) is 19.2. The fraction of sp³-hybridized carbons (Fsp3) is 0.333. The van der Waals surface area contributed by atoms with Gasteiger partial charge in [0.2, 0.25) is 5.88 Å². The third-order valence-electron chi connectivity index (χ3n) is 3.74. The van der Waals surface area contributed by atoms with Crippen molar-refractivity contribution >= 4 is 25.5 Å². The number of nitrogens with zero attached hydrogens (tertiary/aromatic N) is 2. The normalized spacial score (nSPS) is 12.3. The van der Waals surface area contributed by atoms with Gasteiger partial charge in [0.25, 0.3) is 0 Å². The second kappa shape index (κ2) is 6.26. The van der Waals surface area contributed by atoms with Crippen LogP contribution in [0.3, 0.4) is 0 Å². The van der Waals surface area contributed by atoms with Crippen LogP contribution in [-0.4, -0.2) is 50.0 Å². The lowest BCUT2D eigenvalue weighted by Gasteiger charge is -2.13. The Kier molecular flexibility index (Phi) is 4.79. The maximum absolute atomic E-state index is 12.7. The molecule has 0 radical (unpaired) electrons. The van der Waals surface area contributed by atoms with Crippen molar-refractivity contribution in [2.45, 2.75) is 30.2 Å². The van der Waals surface area contributed by atoms with E-state index < -0.39 is 30.4 Å². The molecule has 0 fully saturated rings. The molecular weight excluding hydrogens is 368 g/mol. The van der Waals surface area contributed by atoms with Gasteiger partial charge in [-0.25, -0.2) is 21.5 Å². The molecule has 2 aromatic rings. The van der Waals surface area contributed by atoms with Crippen molar-refractivity contribution in [3.05, 3.63) is 35.0 Å². The van der Waals surface area contributed by atoms with Crippen molar-refractivity contribution in [3.63, 3.8) is 0 Å². The van der Waals surface area contributed by atoms with Crippen molar-refractivity contribution in [2.75, 3.05) is 12.5 Å². The van der Waals surface area contributed by atoms with E-state index in [1.54, 1.807) is 6.92 Å². The third kappa shape index (κ3) is 3.45. The van der Waals surface area contributed by atoms with Crippen LogP contribution >= 0.6 is 0 Å². The average molecular weight is 386 g/mol. The first-order chi connectivity index (χ1) is 11.4. The van der Waals surface area contributed by atoms with Gasteiger partial charge in [-0.15, -0.1) is 0 Å². The number of carbonyl (C=O) groups excluding carboxylic acids is 1. The number of hydrogen-bond donors (Lipinski definition) is 1. The van der Waals surface area contributed by atoms with E-state index in [9.17, 15) is 26.7 Å². The van der Waals surface area contributed by atoms with Crippen molar-refractivity contribution in [1.29, 1.82) is 0 Å².